The molecule has 2 aromatic carbocycles. The third-order valence-electron chi connectivity index (χ3n) is 6.12. The van der Waals surface area contributed by atoms with Crippen LogP contribution in [0.5, 0.6) is 0 Å². The average Bonchev–Trinajstić information content (AvgIpc) is 3.03. The zero-order valence-corrected chi connectivity index (χ0v) is 19.9. The van der Waals surface area contributed by atoms with E-state index in [1.165, 1.54) is 12.1 Å². The van der Waals surface area contributed by atoms with Gasteiger partial charge < -0.3 is 15.2 Å². The molecule has 32 heavy (non-hydrogen) atoms. The molecule has 3 N–H and O–H groups in total. The van der Waals surface area contributed by atoms with E-state index < -0.39 is 35.2 Å². The predicted octanol–water partition coefficient (Wildman–Crippen LogP) is 5.26. The molecular weight excluding hydrogens is 454 g/mol. The number of hydrogen-bond donors (Lipinski definition) is 3. The Bertz CT molecular complexity index is 1040. The highest BCUT2D eigenvalue weighted by Gasteiger charge is 2.60. The number of carbonyl (C=O) groups is 2. The van der Waals surface area contributed by atoms with Gasteiger partial charge in [0.2, 0.25) is 0 Å². The largest absolute Gasteiger partial charge is 0.480 e. The molecule has 0 saturated carbocycles. The molecule has 0 bridgehead atoms. The van der Waals surface area contributed by atoms with E-state index in [-0.39, 0.29) is 16.0 Å². The highest BCUT2D eigenvalue weighted by atomic mass is 35.5. The van der Waals surface area contributed by atoms with Crippen molar-refractivity contribution in [2.75, 3.05) is 12.4 Å². The molecular formula is C24H27Cl2FN2O3. The third-order valence-corrected chi connectivity index (χ3v) is 6.64. The SMILES string of the molecule is CNc1cc(Cl)ccc1[C@]1(C=O)[C@@H](CC(C)(C)C)N[C@@H](C(=O)O)[C@@H]1c1cccc(Cl)c1F. The molecule has 1 aliphatic heterocycles. The zero-order valence-electron chi connectivity index (χ0n) is 18.4. The van der Waals surface area contributed by atoms with Crippen LogP contribution in [0.15, 0.2) is 36.4 Å². The number of carboxylic acids is 1. The number of benzene rings is 2. The second kappa shape index (κ2) is 9.00. The summed E-state index contributed by atoms with van der Waals surface area (Å²) in [5.41, 5.74) is -0.440. The Labute approximate surface area is 197 Å². The predicted molar refractivity (Wildman–Crippen MR) is 125 cm³/mol. The van der Waals surface area contributed by atoms with Crippen molar-refractivity contribution in [3.8, 4) is 0 Å². The van der Waals surface area contributed by atoms with Crippen molar-refractivity contribution in [2.45, 2.75) is 50.6 Å². The maximum Gasteiger partial charge on any atom is 0.321 e. The van der Waals surface area contributed by atoms with E-state index in [0.717, 1.165) is 6.29 Å². The minimum absolute atomic E-state index is 0.0814. The van der Waals surface area contributed by atoms with Crippen LogP contribution in [0.25, 0.3) is 0 Å². The lowest BCUT2D eigenvalue weighted by Crippen LogP contribution is -2.46. The fourth-order valence-electron chi connectivity index (χ4n) is 4.87. The van der Waals surface area contributed by atoms with Gasteiger partial charge in [-0.25, -0.2) is 4.39 Å². The average molecular weight is 481 g/mol. The van der Waals surface area contributed by atoms with E-state index in [1.807, 2.05) is 20.8 Å². The molecule has 0 aromatic heterocycles. The van der Waals surface area contributed by atoms with Gasteiger partial charge in [-0.05, 0) is 41.2 Å². The zero-order chi connectivity index (χ0) is 23.8. The van der Waals surface area contributed by atoms with Crippen LogP contribution in [0.3, 0.4) is 0 Å². The van der Waals surface area contributed by atoms with E-state index in [9.17, 15) is 14.7 Å². The van der Waals surface area contributed by atoms with Gasteiger partial charge in [0.05, 0.1) is 10.4 Å². The lowest BCUT2D eigenvalue weighted by atomic mass is 9.62. The number of halogens is 3. The number of hydrogen-bond acceptors (Lipinski definition) is 4. The smallest absolute Gasteiger partial charge is 0.321 e. The van der Waals surface area contributed by atoms with Gasteiger partial charge in [-0.2, -0.15) is 0 Å². The van der Waals surface area contributed by atoms with Gasteiger partial charge in [0.25, 0.3) is 0 Å². The lowest BCUT2D eigenvalue weighted by Gasteiger charge is -2.39. The van der Waals surface area contributed by atoms with Gasteiger partial charge in [0.15, 0.2) is 0 Å². The van der Waals surface area contributed by atoms with Crippen LogP contribution in [0, 0.1) is 11.2 Å². The minimum atomic E-state index is -1.40. The van der Waals surface area contributed by atoms with Gasteiger partial charge in [0, 0.05) is 29.7 Å². The number of anilines is 1. The van der Waals surface area contributed by atoms with Crippen molar-refractivity contribution in [2.24, 2.45) is 5.41 Å². The second-order valence-corrected chi connectivity index (χ2v) is 10.3. The number of carbonyl (C=O) groups excluding carboxylic acids is 1. The third kappa shape index (κ3) is 4.24. The molecule has 1 heterocycles. The van der Waals surface area contributed by atoms with Gasteiger partial charge >= 0.3 is 5.97 Å². The van der Waals surface area contributed by atoms with E-state index in [1.54, 1.807) is 31.3 Å². The molecule has 0 unspecified atom stereocenters. The summed E-state index contributed by atoms with van der Waals surface area (Å²) in [6, 6.07) is 7.70. The van der Waals surface area contributed by atoms with Gasteiger partial charge in [-0.3, -0.25) is 10.1 Å². The number of aliphatic carboxylic acids is 1. The van der Waals surface area contributed by atoms with Crippen LogP contribution in [0.4, 0.5) is 10.1 Å². The maximum absolute atomic E-state index is 15.3. The molecule has 1 fully saturated rings. The fraction of sp³-hybridized carbons (Fsp3) is 0.417. The summed E-state index contributed by atoms with van der Waals surface area (Å²) in [6.07, 6.45) is 1.23. The first-order chi connectivity index (χ1) is 15.0. The van der Waals surface area contributed by atoms with E-state index in [2.05, 4.69) is 10.6 Å². The maximum atomic E-state index is 15.3. The van der Waals surface area contributed by atoms with E-state index >= 15 is 4.39 Å². The summed E-state index contributed by atoms with van der Waals surface area (Å²) in [5, 5.41) is 16.6. The van der Waals surface area contributed by atoms with Crippen LogP contribution in [0.2, 0.25) is 10.0 Å². The summed E-state index contributed by atoms with van der Waals surface area (Å²) in [5.74, 6) is -2.94. The standard InChI is InChI=1S/C24H27Cl2FN2O3/c1-23(2,3)11-18-24(12-30,15-9-8-13(25)10-17(15)28-4)19(21(29-18)22(31)32)14-6-5-7-16(26)20(14)27/h5-10,12,18-19,21,28-29H,11H2,1-4H3,(H,31,32)/t18-,19+,21-,24-/m1/s1. The molecule has 5 nitrogen and oxygen atoms in total. The van der Waals surface area contributed by atoms with Gasteiger partial charge in [-0.1, -0.05) is 62.2 Å². The summed E-state index contributed by atoms with van der Waals surface area (Å²) in [7, 11) is 1.69. The van der Waals surface area contributed by atoms with Crippen molar-refractivity contribution in [3.63, 3.8) is 0 Å². The van der Waals surface area contributed by atoms with Crippen molar-refractivity contribution >= 4 is 41.1 Å². The van der Waals surface area contributed by atoms with Crippen molar-refractivity contribution in [1.29, 1.82) is 0 Å². The first-order valence-electron chi connectivity index (χ1n) is 10.3. The molecule has 1 saturated heterocycles. The molecule has 0 amide bonds. The highest BCUT2D eigenvalue weighted by molar-refractivity contribution is 6.31. The topological polar surface area (TPSA) is 78.4 Å². The Morgan fingerprint density at radius 3 is 2.53 bits per heavy atom. The molecule has 172 valence electrons. The number of carboxylic acid groups (broad SMARTS) is 1. The molecule has 4 atom stereocenters. The normalized spacial score (nSPS) is 25.5. The summed E-state index contributed by atoms with van der Waals surface area (Å²) in [4.78, 5) is 25.4. The molecule has 0 aliphatic carbocycles. The lowest BCUT2D eigenvalue weighted by molar-refractivity contribution is -0.139. The Balaban J connectivity index is 2.40. The molecule has 8 heteroatoms. The second-order valence-electron chi connectivity index (χ2n) is 9.41. The summed E-state index contributed by atoms with van der Waals surface area (Å²) in [6.45, 7) is 6.02. The van der Waals surface area contributed by atoms with Gasteiger partial charge in [0.1, 0.15) is 18.1 Å². The first kappa shape index (κ1) is 24.5. The molecule has 0 spiro atoms. The number of nitrogens with one attached hydrogen (secondary N) is 2. The van der Waals surface area contributed by atoms with Crippen LogP contribution in [0.1, 0.15) is 44.2 Å². The summed E-state index contributed by atoms with van der Waals surface area (Å²) >= 11 is 12.3. The Morgan fingerprint density at radius 1 is 1.28 bits per heavy atom. The minimum Gasteiger partial charge on any atom is -0.480 e. The van der Waals surface area contributed by atoms with Crippen LogP contribution >= 0.6 is 23.2 Å². The Kier molecular flexibility index (Phi) is 6.89. The fourth-order valence-corrected chi connectivity index (χ4v) is 5.22. The molecule has 0 radical (unpaired) electrons. The highest BCUT2D eigenvalue weighted by Crippen LogP contribution is 2.53. The van der Waals surface area contributed by atoms with Crippen molar-refractivity contribution < 1.29 is 19.1 Å². The van der Waals surface area contributed by atoms with E-state index in [0.29, 0.717) is 22.7 Å². The van der Waals surface area contributed by atoms with Crippen LogP contribution < -0.4 is 10.6 Å². The molecule has 3 rings (SSSR count). The molecule has 2 aromatic rings. The number of aldehydes is 1. The number of rotatable bonds is 6. The van der Waals surface area contributed by atoms with Crippen LogP contribution in [-0.4, -0.2) is 36.5 Å². The first-order valence-corrected chi connectivity index (χ1v) is 11.1. The molecule has 1 aliphatic rings. The summed E-state index contributed by atoms with van der Waals surface area (Å²) < 4.78 is 15.3. The Morgan fingerprint density at radius 2 is 1.97 bits per heavy atom. The van der Waals surface area contributed by atoms with Gasteiger partial charge in [-0.15, -0.1) is 0 Å². The van der Waals surface area contributed by atoms with Crippen molar-refractivity contribution in [1.82, 2.24) is 5.32 Å². The van der Waals surface area contributed by atoms with E-state index in [4.69, 9.17) is 23.2 Å². The van der Waals surface area contributed by atoms with Crippen molar-refractivity contribution in [3.05, 3.63) is 63.4 Å². The quantitative estimate of drug-likeness (QED) is 0.491. The van der Waals surface area contributed by atoms with Crippen LogP contribution in [-0.2, 0) is 15.0 Å². The monoisotopic (exact) mass is 480 g/mol. The Hall–Kier alpha value is -2.15.